The highest BCUT2D eigenvalue weighted by atomic mass is 32.2. The molecule has 0 fully saturated rings. The molecule has 0 spiro atoms. The van der Waals surface area contributed by atoms with Crippen molar-refractivity contribution in [1.82, 2.24) is 10.2 Å². The second-order valence-electron chi connectivity index (χ2n) is 5.27. The maximum atomic E-state index is 11.9. The van der Waals surface area contributed by atoms with E-state index in [9.17, 15) is 13.2 Å². The molecule has 1 amide bonds. The Kier molecular flexibility index (Phi) is 6.38. The van der Waals surface area contributed by atoms with Gasteiger partial charge in [-0.2, -0.15) is 0 Å². The van der Waals surface area contributed by atoms with Gasteiger partial charge in [0, 0.05) is 12.8 Å². The summed E-state index contributed by atoms with van der Waals surface area (Å²) in [7, 11) is 0.640. The molecule has 0 radical (unpaired) electrons. The average Bonchev–Trinajstić information content (AvgIpc) is 2.88. The summed E-state index contributed by atoms with van der Waals surface area (Å²) in [5.74, 6) is 0.277. The molecule has 0 aliphatic carbocycles. The average molecular weight is 317 g/mol. The Balaban J connectivity index is 2.50. The largest absolute Gasteiger partial charge is 0.468 e. The molecule has 2 atom stereocenters. The van der Waals surface area contributed by atoms with Gasteiger partial charge >= 0.3 is 0 Å². The third-order valence-electron chi connectivity index (χ3n) is 3.10. The topological polar surface area (TPSA) is 106 Å². The number of carbonyl (C=O) groups excluding carboxylic acids is 1. The van der Waals surface area contributed by atoms with Gasteiger partial charge < -0.3 is 15.5 Å². The number of hydrogen-bond donors (Lipinski definition) is 2. The molecule has 0 bridgehead atoms. The van der Waals surface area contributed by atoms with Crippen molar-refractivity contribution in [3.8, 4) is 0 Å². The van der Waals surface area contributed by atoms with Crippen LogP contribution in [0.25, 0.3) is 0 Å². The Hall–Kier alpha value is -1.38. The van der Waals surface area contributed by atoms with Crippen molar-refractivity contribution in [3.05, 3.63) is 24.2 Å². The summed E-state index contributed by atoms with van der Waals surface area (Å²) in [4.78, 5) is 13.8. The molecule has 0 aliphatic heterocycles. The number of amides is 1. The van der Waals surface area contributed by atoms with E-state index >= 15 is 0 Å². The normalized spacial score (nSPS) is 14.9. The van der Waals surface area contributed by atoms with Gasteiger partial charge in [0.15, 0.2) is 0 Å². The SMILES string of the molecule is CN(C)C(CNC(=O)C(N)CCS(C)(=O)=O)c1ccco1. The van der Waals surface area contributed by atoms with E-state index in [1.54, 1.807) is 12.3 Å². The van der Waals surface area contributed by atoms with Gasteiger partial charge in [-0.3, -0.25) is 9.69 Å². The lowest BCUT2D eigenvalue weighted by atomic mass is 10.2. The molecule has 120 valence electrons. The number of carbonyl (C=O) groups is 1. The molecule has 0 saturated heterocycles. The first kappa shape index (κ1) is 17.7. The zero-order valence-electron chi connectivity index (χ0n) is 12.6. The summed E-state index contributed by atoms with van der Waals surface area (Å²) in [6.45, 7) is 0.339. The second kappa shape index (κ2) is 7.58. The molecule has 0 aliphatic rings. The number of sulfone groups is 1. The highest BCUT2D eigenvalue weighted by molar-refractivity contribution is 7.90. The molecule has 1 heterocycles. The maximum Gasteiger partial charge on any atom is 0.237 e. The number of nitrogens with two attached hydrogens (primary N) is 1. The molecule has 0 aromatic carbocycles. The highest BCUT2D eigenvalue weighted by Crippen LogP contribution is 2.17. The number of nitrogens with zero attached hydrogens (tertiary/aromatic N) is 1. The van der Waals surface area contributed by atoms with Gasteiger partial charge in [0.05, 0.1) is 24.1 Å². The van der Waals surface area contributed by atoms with Crippen LogP contribution in [-0.2, 0) is 14.6 Å². The number of rotatable bonds is 8. The van der Waals surface area contributed by atoms with E-state index in [2.05, 4.69) is 5.32 Å². The van der Waals surface area contributed by atoms with Gasteiger partial charge in [0.1, 0.15) is 15.6 Å². The quantitative estimate of drug-likeness (QED) is 0.685. The van der Waals surface area contributed by atoms with Crippen LogP contribution < -0.4 is 11.1 Å². The van der Waals surface area contributed by atoms with Crippen LogP contribution >= 0.6 is 0 Å². The van der Waals surface area contributed by atoms with Crippen molar-refractivity contribution < 1.29 is 17.6 Å². The number of likely N-dealkylation sites (N-methyl/N-ethyl adjacent to an activating group) is 1. The Bertz CT molecular complexity index is 540. The van der Waals surface area contributed by atoms with Crippen LogP contribution in [0.15, 0.2) is 22.8 Å². The maximum absolute atomic E-state index is 11.9. The van der Waals surface area contributed by atoms with E-state index < -0.39 is 15.9 Å². The van der Waals surface area contributed by atoms with Crippen LogP contribution in [0.5, 0.6) is 0 Å². The third kappa shape index (κ3) is 6.28. The Labute approximate surface area is 125 Å². The van der Waals surface area contributed by atoms with E-state index in [1.165, 1.54) is 0 Å². The molecule has 21 heavy (non-hydrogen) atoms. The number of furan rings is 1. The first-order chi connectivity index (χ1) is 9.70. The summed E-state index contributed by atoms with van der Waals surface area (Å²) >= 11 is 0. The summed E-state index contributed by atoms with van der Waals surface area (Å²) < 4.78 is 27.5. The van der Waals surface area contributed by atoms with Crippen molar-refractivity contribution in [2.24, 2.45) is 5.73 Å². The van der Waals surface area contributed by atoms with E-state index in [-0.39, 0.29) is 24.1 Å². The Morgan fingerprint density at radius 2 is 2.14 bits per heavy atom. The van der Waals surface area contributed by atoms with Crippen molar-refractivity contribution in [2.75, 3.05) is 32.6 Å². The van der Waals surface area contributed by atoms with Crippen LogP contribution in [-0.4, -0.2) is 57.9 Å². The Morgan fingerprint density at radius 3 is 2.62 bits per heavy atom. The number of nitrogens with one attached hydrogen (secondary N) is 1. The van der Waals surface area contributed by atoms with Crippen molar-refractivity contribution >= 4 is 15.7 Å². The van der Waals surface area contributed by atoms with Gasteiger partial charge in [-0.05, 0) is 32.6 Å². The number of hydrogen-bond acceptors (Lipinski definition) is 6. The first-order valence-electron chi connectivity index (χ1n) is 6.61. The molecular formula is C13H23N3O4S. The van der Waals surface area contributed by atoms with Crippen LogP contribution in [0, 0.1) is 0 Å². The van der Waals surface area contributed by atoms with Gasteiger partial charge in [-0.1, -0.05) is 0 Å². The summed E-state index contributed by atoms with van der Waals surface area (Å²) in [5, 5.41) is 2.73. The molecule has 3 N–H and O–H groups in total. The molecule has 1 aromatic rings. The fourth-order valence-electron chi connectivity index (χ4n) is 1.82. The lowest BCUT2D eigenvalue weighted by Crippen LogP contribution is -2.44. The van der Waals surface area contributed by atoms with Gasteiger partial charge in [0.25, 0.3) is 0 Å². The predicted octanol–water partition coefficient (Wildman–Crippen LogP) is -0.239. The Morgan fingerprint density at radius 1 is 1.48 bits per heavy atom. The predicted molar refractivity (Wildman–Crippen MR) is 80.4 cm³/mol. The van der Waals surface area contributed by atoms with Crippen molar-refractivity contribution in [3.63, 3.8) is 0 Å². The van der Waals surface area contributed by atoms with Crippen LogP contribution in [0.3, 0.4) is 0 Å². The monoisotopic (exact) mass is 317 g/mol. The highest BCUT2D eigenvalue weighted by Gasteiger charge is 2.20. The van der Waals surface area contributed by atoms with E-state index in [4.69, 9.17) is 10.2 Å². The van der Waals surface area contributed by atoms with E-state index in [1.807, 2.05) is 25.1 Å². The zero-order valence-corrected chi connectivity index (χ0v) is 13.4. The van der Waals surface area contributed by atoms with Gasteiger partial charge in [-0.25, -0.2) is 8.42 Å². The molecule has 2 unspecified atom stereocenters. The van der Waals surface area contributed by atoms with Crippen molar-refractivity contribution in [1.29, 1.82) is 0 Å². The lowest BCUT2D eigenvalue weighted by Gasteiger charge is -2.23. The molecule has 0 saturated carbocycles. The summed E-state index contributed by atoms with van der Waals surface area (Å²) in [6, 6.07) is 2.68. The standard InChI is InChI=1S/C13H23N3O4S/c1-16(2)11(12-5-4-7-20-12)9-15-13(17)10(14)6-8-21(3,18)19/h4-5,7,10-11H,6,8-9,14H2,1-3H3,(H,15,17). The smallest absolute Gasteiger partial charge is 0.237 e. The fourth-order valence-corrected chi connectivity index (χ4v) is 2.50. The zero-order chi connectivity index (χ0) is 16.0. The van der Waals surface area contributed by atoms with Gasteiger partial charge in [0.2, 0.25) is 5.91 Å². The minimum atomic E-state index is -3.12. The first-order valence-corrected chi connectivity index (χ1v) is 8.67. The van der Waals surface area contributed by atoms with E-state index in [0.717, 1.165) is 12.0 Å². The molecule has 1 rings (SSSR count). The summed E-state index contributed by atoms with van der Waals surface area (Å²) in [6.07, 6.45) is 2.81. The van der Waals surface area contributed by atoms with Crippen LogP contribution in [0.2, 0.25) is 0 Å². The third-order valence-corrected chi connectivity index (χ3v) is 4.08. The second-order valence-corrected chi connectivity index (χ2v) is 7.52. The van der Waals surface area contributed by atoms with Crippen molar-refractivity contribution in [2.45, 2.75) is 18.5 Å². The minimum absolute atomic E-state index is 0.100. The fraction of sp³-hybridized carbons (Fsp3) is 0.615. The summed E-state index contributed by atoms with van der Waals surface area (Å²) in [5.41, 5.74) is 5.69. The lowest BCUT2D eigenvalue weighted by molar-refractivity contribution is -0.122. The molecule has 8 heteroatoms. The minimum Gasteiger partial charge on any atom is -0.468 e. The molecule has 1 aromatic heterocycles. The van der Waals surface area contributed by atoms with E-state index in [0.29, 0.717) is 6.54 Å². The van der Waals surface area contributed by atoms with Crippen LogP contribution in [0.1, 0.15) is 18.2 Å². The molecular weight excluding hydrogens is 294 g/mol. The molecule has 7 nitrogen and oxygen atoms in total. The van der Waals surface area contributed by atoms with Gasteiger partial charge in [-0.15, -0.1) is 0 Å². The van der Waals surface area contributed by atoms with Crippen LogP contribution in [0.4, 0.5) is 0 Å².